The van der Waals surface area contributed by atoms with Crippen molar-refractivity contribution in [1.82, 2.24) is 0 Å². The molecule has 4 atom stereocenters. The van der Waals surface area contributed by atoms with Crippen LogP contribution in [0.4, 0.5) is 0 Å². The van der Waals surface area contributed by atoms with Crippen molar-refractivity contribution in [2.75, 3.05) is 0 Å². The Morgan fingerprint density at radius 2 is 1.71 bits per heavy atom. The predicted molar refractivity (Wildman–Crippen MR) is 91.6 cm³/mol. The van der Waals surface area contributed by atoms with Gasteiger partial charge in [0.1, 0.15) is 0 Å². The Bertz CT molecular complexity index is 284. The van der Waals surface area contributed by atoms with Gasteiger partial charge in [-0.3, -0.25) is 0 Å². The van der Waals surface area contributed by atoms with Crippen molar-refractivity contribution in [3.63, 3.8) is 0 Å². The molecule has 21 heavy (non-hydrogen) atoms. The average Bonchev–Trinajstić information content (AvgIpc) is 2.45. The fourth-order valence-corrected chi connectivity index (χ4v) is 4.84. The normalized spacial score (nSPS) is 38.1. The smallest absolute Gasteiger partial charge is 0.0661 e. The van der Waals surface area contributed by atoms with E-state index in [0.717, 1.165) is 11.8 Å². The second-order valence-corrected chi connectivity index (χ2v) is 7.97. The lowest BCUT2D eigenvalue weighted by Crippen LogP contribution is -2.48. The van der Waals surface area contributed by atoms with Gasteiger partial charge in [0.2, 0.25) is 0 Å². The minimum atomic E-state index is 0.185. The third kappa shape index (κ3) is 4.98. The highest BCUT2D eigenvalue weighted by molar-refractivity contribution is 4.92. The summed E-state index contributed by atoms with van der Waals surface area (Å²) in [5.41, 5.74) is 0.185. The second-order valence-electron chi connectivity index (χ2n) is 7.97. The van der Waals surface area contributed by atoms with Crippen LogP contribution in [-0.2, 0) is 4.74 Å². The topological polar surface area (TPSA) is 9.23 Å². The quantitative estimate of drug-likeness (QED) is 0.562. The summed E-state index contributed by atoms with van der Waals surface area (Å²) < 4.78 is 6.73. The minimum absolute atomic E-state index is 0.185. The van der Waals surface area contributed by atoms with E-state index >= 15 is 0 Å². The maximum Gasteiger partial charge on any atom is 0.0661 e. The van der Waals surface area contributed by atoms with E-state index in [0.29, 0.717) is 6.10 Å². The van der Waals surface area contributed by atoms with Crippen LogP contribution in [0.5, 0.6) is 0 Å². The second kappa shape index (κ2) is 8.56. The minimum Gasteiger partial charge on any atom is -0.372 e. The molecule has 1 aliphatic carbocycles. The molecule has 0 N–H and O–H groups in total. The third-order valence-electron chi connectivity index (χ3n) is 5.96. The number of rotatable bonds is 5. The van der Waals surface area contributed by atoms with Gasteiger partial charge in [0.15, 0.2) is 0 Å². The van der Waals surface area contributed by atoms with Crippen molar-refractivity contribution in [2.45, 2.75) is 116 Å². The van der Waals surface area contributed by atoms with Crippen LogP contribution in [0.1, 0.15) is 104 Å². The first kappa shape index (κ1) is 17.3. The highest BCUT2D eigenvalue weighted by Gasteiger charge is 2.43. The molecule has 2 fully saturated rings. The van der Waals surface area contributed by atoms with Crippen molar-refractivity contribution >= 4 is 0 Å². The van der Waals surface area contributed by atoms with Gasteiger partial charge in [-0.1, -0.05) is 65.2 Å². The molecule has 2 rings (SSSR count). The lowest BCUT2D eigenvalue weighted by Gasteiger charge is -2.49. The van der Waals surface area contributed by atoms with Crippen LogP contribution in [0.25, 0.3) is 0 Å². The molecule has 1 aliphatic heterocycles. The number of hydrogen-bond donors (Lipinski definition) is 0. The first-order valence-electron chi connectivity index (χ1n) is 9.86. The molecule has 1 heteroatoms. The first-order chi connectivity index (χ1) is 10.2. The molecule has 2 aliphatic rings. The van der Waals surface area contributed by atoms with E-state index < -0.39 is 0 Å². The molecule has 1 nitrogen and oxygen atoms in total. The molecule has 124 valence electrons. The third-order valence-corrected chi connectivity index (χ3v) is 5.96. The van der Waals surface area contributed by atoms with Crippen LogP contribution < -0.4 is 0 Å². The zero-order valence-electron chi connectivity index (χ0n) is 14.8. The molecular weight excluding hydrogens is 256 g/mol. The van der Waals surface area contributed by atoms with Gasteiger partial charge in [0, 0.05) is 0 Å². The molecule has 0 spiro atoms. The van der Waals surface area contributed by atoms with E-state index in [-0.39, 0.29) is 5.60 Å². The fraction of sp³-hybridized carbons (Fsp3) is 1.00. The van der Waals surface area contributed by atoms with Crippen molar-refractivity contribution < 1.29 is 4.74 Å². The zero-order chi connectivity index (χ0) is 15.1. The monoisotopic (exact) mass is 294 g/mol. The van der Waals surface area contributed by atoms with Gasteiger partial charge < -0.3 is 4.74 Å². The molecule has 0 radical (unpaired) electrons. The Hall–Kier alpha value is -0.0400. The van der Waals surface area contributed by atoms with Crippen LogP contribution in [0.2, 0.25) is 0 Å². The van der Waals surface area contributed by atoms with Crippen molar-refractivity contribution in [2.24, 2.45) is 11.8 Å². The highest BCUT2D eigenvalue weighted by atomic mass is 16.5. The average molecular weight is 295 g/mol. The van der Waals surface area contributed by atoms with Crippen LogP contribution in [0.15, 0.2) is 0 Å². The number of fused-ring (bicyclic) bond motifs is 2. The number of hydrogen-bond acceptors (Lipinski definition) is 1. The van der Waals surface area contributed by atoms with Crippen LogP contribution in [0.3, 0.4) is 0 Å². The van der Waals surface area contributed by atoms with Gasteiger partial charge in [-0.2, -0.15) is 0 Å². The van der Waals surface area contributed by atoms with Gasteiger partial charge >= 0.3 is 0 Å². The summed E-state index contributed by atoms with van der Waals surface area (Å²) in [4.78, 5) is 0. The summed E-state index contributed by atoms with van der Waals surface area (Å²) in [6.45, 7) is 7.07. The fourth-order valence-electron chi connectivity index (χ4n) is 4.84. The van der Waals surface area contributed by atoms with Crippen molar-refractivity contribution in [3.8, 4) is 0 Å². The summed E-state index contributed by atoms with van der Waals surface area (Å²) in [6.07, 6.45) is 18.5. The molecule has 2 bridgehead atoms. The molecule has 1 saturated carbocycles. The van der Waals surface area contributed by atoms with E-state index in [1.165, 1.54) is 83.5 Å². The maximum absolute atomic E-state index is 6.73. The van der Waals surface area contributed by atoms with E-state index in [1.54, 1.807) is 0 Å². The zero-order valence-corrected chi connectivity index (χ0v) is 14.8. The summed E-state index contributed by atoms with van der Waals surface area (Å²) in [5, 5.41) is 0. The molecular formula is C20H38O. The molecule has 0 aromatic heterocycles. The molecule has 1 heterocycles. The predicted octanol–water partition coefficient (Wildman–Crippen LogP) is 6.50. The molecule has 0 amide bonds. The van der Waals surface area contributed by atoms with Crippen molar-refractivity contribution in [3.05, 3.63) is 0 Å². The van der Waals surface area contributed by atoms with Crippen LogP contribution in [0, 0.1) is 11.8 Å². The van der Waals surface area contributed by atoms with Crippen LogP contribution >= 0.6 is 0 Å². The van der Waals surface area contributed by atoms with Gasteiger partial charge in [0.25, 0.3) is 0 Å². The molecule has 4 unspecified atom stereocenters. The number of unbranched alkanes of at least 4 members (excludes halogenated alkanes) is 1. The van der Waals surface area contributed by atoms with Gasteiger partial charge in [-0.15, -0.1) is 0 Å². The summed E-state index contributed by atoms with van der Waals surface area (Å²) in [5.74, 6) is 1.78. The molecule has 0 aromatic rings. The lowest BCUT2D eigenvalue weighted by atomic mass is 9.70. The summed E-state index contributed by atoms with van der Waals surface area (Å²) in [6, 6.07) is 0. The van der Waals surface area contributed by atoms with Gasteiger partial charge in [0.05, 0.1) is 11.7 Å². The Kier molecular flexibility index (Phi) is 7.05. The lowest BCUT2D eigenvalue weighted by molar-refractivity contribution is -0.176. The largest absolute Gasteiger partial charge is 0.372 e. The van der Waals surface area contributed by atoms with Crippen LogP contribution in [-0.4, -0.2) is 11.7 Å². The Morgan fingerprint density at radius 3 is 2.48 bits per heavy atom. The SMILES string of the molecule is CCCCC1C2CCCCCCCC(C)(C2)OC1CCC. The van der Waals surface area contributed by atoms with Crippen molar-refractivity contribution in [1.29, 1.82) is 0 Å². The Morgan fingerprint density at radius 1 is 0.952 bits per heavy atom. The van der Waals surface area contributed by atoms with E-state index in [2.05, 4.69) is 20.8 Å². The van der Waals surface area contributed by atoms with Gasteiger partial charge in [-0.05, 0) is 50.9 Å². The van der Waals surface area contributed by atoms with E-state index in [1.807, 2.05) is 0 Å². The molecule has 1 saturated heterocycles. The number of ether oxygens (including phenoxy) is 1. The summed E-state index contributed by atoms with van der Waals surface area (Å²) >= 11 is 0. The molecule has 0 aromatic carbocycles. The van der Waals surface area contributed by atoms with E-state index in [4.69, 9.17) is 4.74 Å². The van der Waals surface area contributed by atoms with Gasteiger partial charge in [-0.25, -0.2) is 0 Å². The van der Waals surface area contributed by atoms with E-state index in [9.17, 15) is 0 Å². The Labute approximate surface area is 133 Å². The first-order valence-corrected chi connectivity index (χ1v) is 9.86. The Balaban J connectivity index is 2.10. The standard InChI is InChI=1S/C20H38O/c1-4-6-14-18-17-13-10-8-7-9-11-15-20(3,16-17)21-19(18)12-5-2/h17-19H,4-16H2,1-3H3. The highest BCUT2D eigenvalue weighted by Crippen LogP contribution is 2.45. The maximum atomic E-state index is 6.73. The summed E-state index contributed by atoms with van der Waals surface area (Å²) in [7, 11) is 0.